The summed E-state index contributed by atoms with van der Waals surface area (Å²) < 4.78 is 5.29. The molecule has 0 heterocycles. The van der Waals surface area contributed by atoms with E-state index in [9.17, 15) is 19.5 Å². The Morgan fingerprint density at radius 2 is 1.64 bits per heavy atom. The van der Waals surface area contributed by atoms with Crippen molar-refractivity contribution in [2.75, 3.05) is 6.61 Å². The van der Waals surface area contributed by atoms with Crippen molar-refractivity contribution in [3.05, 3.63) is 70.2 Å². The second kappa shape index (κ2) is 8.95. The van der Waals surface area contributed by atoms with Gasteiger partial charge in [-0.2, -0.15) is 0 Å². The molecule has 2 rings (SSSR count). The summed E-state index contributed by atoms with van der Waals surface area (Å²) in [7, 11) is 0. The fourth-order valence-electron chi connectivity index (χ4n) is 1.86. The lowest BCUT2D eigenvalue weighted by Gasteiger charge is -2.11. The topological polar surface area (TPSA) is 105 Å². The number of amides is 2. The zero-order chi connectivity index (χ0) is 18.2. The van der Waals surface area contributed by atoms with Crippen molar-refractivity contribution in [2.24, 2.45) is 0 Å². The Labute approximate surface area is 152 Å². The molecule has 0 aliphatic rings. The van der Waals surface area contributed by atoms with Crippen LogP contribution in [0.3, 0.4) is 0 Å². The van der Waals surface area contributed by atoms with E-state index < -0.39 is 30.5 Å². The van der Waals surface area contributed by atoms with Crippen molar-refractivity contribution in [1.82, 2.24) is 10.9 Å². The summed E-state index contributed by atoms with van der Waals surface area (Å²) in [5, 5.41) is 9.82. The largest absolute Gasteiger partial charge is 0.453 e. The van der Waals surface area contributed by atoms with Crippen molar-refractivity contribution in [3.8, 4) is 0 Å². The molecule has 0 saturated carbocycles. The molecule has 7 nitrogen and oxygen atoms in total. The number of esters is 1. The first-order valence-corrected chi connectivity index (χ1v) is 8.01. The quantitative estimate of drug-likeness (QED) is 0.515. The average Bonchev–Trinajstić information content (AvgIpc) is 2.64. The van der Waals surface area contributed by atoms with Gasteiger partial charge >= 0.3 is 5.97 Å². The predicted molar refractivity (Wildman–Crippen MR) is 92.1 cm³/mol. The lowest BCUT2D eigenvalue weighted by molar-refractivity contribution is -0.157. The first-order chi connectivity index (χ1) is 12.0. The highest BCUT2D eigenvalue weighted by Gasteiger charge is 2.20. The lowest BCUT2D eigenvalue weighted by atomic mass is 10.1. The third kappa shape index (κ3) is 5.40. The van der Waals surface area contributed by atoms with Crippen molar-refractivity contribution >= 4 is 33.7 Å². The molecule has 0 unspecified atom stereocenters. The summed E-state index contributed by atoms with van der Waals surface area (Å²) in [5.41, 5.74) is 5.02. The number of ether oxygens (including phenoxy) is 1. The molecule has 2 aromatic rings. The molecule has 0 spiro atoms. The average molecular weight is 407 g/mol. The van der Waals surface area contributed by atoms with E-state index in [1.54, 1.807) is 54.6 Å². The Kier molecular flexibility index (Phi) is 6.67. The van der Waals surface area contributed by atoms with E-state index in [0.717, 1.165) is 0 Å². The summed E-state index contributed by atoms with van der Waals surface area (Å²) in [4.78, 5) is 35.2. The number of carbonyl (C=O) groups is 3. The Morgan fingerprint density at radius 3 is 2.32 bits per heavy atom. The molecular formula is C17H15BrN2O5. The molecule has 0 aliphatic heterocycles. The molecule has 2 aromatic carbocycles. The third-order valence-electron chi connectivity index (χ3n) is 3.12. The van der Waals surface area contributed by atoms with Crippen LogP contribution < -0.4 is 10.9 Å². The van der Waals surface area contributed by atoms with Crippen molar-refractivity contribution in [3.63, 3.8) is 0 Å². The van der Waals surface area contributed by atoms with Crippen LogP contribution in [0.15, 0.2) is 59.1 Å². The third-order valence-corrected chi connectivity index (χ3v) is 3.81. The second-order valence-corrected chi connectivity index (χ2v) is 5.76. The Bertz CT molecular complexity index is 767. The lowest BCUT2D eigenvalue weighted by Crippen LogP contribution is -2.43. The van der Waals surface area contributed by atoms with Gasteiger partial charge in [-0.25, -0.2) is 4.79 Å². The number of aliphatic hydroxyl groups is 1. The summed E-state index contributed by atoms with van der Waals surface area (Å²) in [6.45, 7) is -0.640. The Morgan fingerprint density at radius 1 is 1.00 bits per heavy atom. The van der Waals surface area contributed by atoms with Crippen LogP contribution in [0, 0.1) is 0 Å². The van der Waals surface area contributed by atoms with Gasteiger partial charge in [-0.15, -0.1) is 0 Å². The number of hydrogen-bond donors (Lipinski definition) is 3. The summed E-state index contributed by atoms with van der Waals surface area (Å²) in [6.07, 6.45) is -1.48. The molecule has 25 heavy (non-hydrogen) atoms. The first-order valence-electron chi connectivity index (χ1n) is 7.22. The van der Waals surface area contributed by atoms with Crippen molar-refractivity contribution in [1.29, 1.82) is 0 Å². The minimum absolute atomic E-state index is 0.333. The van der Waals surface area contributed by atoms with Gasteiger partial charge in [0.1, 0.15) is 0 Å². The summed E-state index contributed by atoms with van der Waals surface area (Å²) in [6, 6.07) is 14.9. The smallest absolute Gasteiger partial charge is 0.340 e. The maximum absolute atomic E-state index is 11.9. The van der Waals surface area contributed by atoms with Gasteiger partial charge in [0.2, 0.25) is 0 Å². The molecule has 0 fully saturated rings. The van der Waals surface area contributed by atoms with Crippen LogP contribution >= 0.6 is 15.9 Å². The Balaban J connectivity index is 1.78. The number of nitrogens with one attached hydrogen (secondary N) is 2. The predicted octanol–water partition coefficient (Wildman–Crippen LogP) is 1.49. The molecule has 0 radical (unpaired) electrons. The van der Waals surface area contributed by atoms with Crippen LogP contribution in [0.4, 0.5) is 0 Å². The monoisotopic (exact) mass is 406 g/mol. The highest BCUT2D eigenvalue weighted by Crippen LogP contribution is 2.15. The first kappa shape index (κ1) is 18.6. The zero-order valence-electron chi connectivity index (χ0n) is 12.9. The molecule has 2 amide bonds. The summed E-state index contributed by atoms with van der Waals surface area (Å²) in [5.74, 6) is -2.23. The van der Waals surface area contributed by atoms with E-state index in [1.807, 2.05) is 0 Å². The number of rotatable bonds is 5. The van der Waals surface area contributed by atoms with Crippen LogP contribution in [-0.4, -0.2) is 29.5 Å². The van der Waals surface area contributed by atoms with Crippen molar-refractivity contribution in [2.45, 2.75) is 6.10 Å². The maximum Gasteiger partial charge on any atom is 0.340 e. The van der Waals surface area contributed by atoms with Gasteiger partial charge in [-0.05, 0) is 33.6 Å². The molecule has 1 atom stereocenters. The van der Waals surface area contributed by atoms with Gasteiger partial charge < -0.3 is 9.84 Å². The highest BCUT2D eigenvalue weighted by molar-refractivity contribution is 9.10. The number of halogens is 1. The van der Waals surface area contributed by atoms with Gasteiger partial charge in [-0.3, -0.25) is 20.4 Å². The fourth-order valence-corrected chi connectivity index (χ4v) is 2.33. The van der Waals surface area contributed by atoms with E-state index in [1.165, 1.54) is 0 Å². The molecule has 0 aromatic heterocycles. The second-order valence-electron chi connectivity index (χ2n) is 4.90. The number of carbonyl (C=O) groups excluding carboxylic acids is 3. The van der Waals surface area contributed by atoms with Gasteiger partial charge in [0.25, 0.3) is 11.8 Å². The number of aliphatic hydroxyl groups excluding tert-OH is 1. The van der Waals surface area contributed by atoms with Crippen LogP contribution in [0.1, 0.15) is 22.0 Å². The fraction of sp³-hybridized carbons (Fsp3) is 0.118. The molecule has 0 aliphatic carbocycles. The standard InChI is InChI=1S/C17H15BrN2O5/c18-13-9-5-4-8-12(13)16(23)20-19-14(21)10-25-17(24)15(22)11-6-2-1-3-7-11/h1-9,15,22H,10H2,(H,19,21)(H,20,23)/t15-/m0/s1. The van der Waals surface area contributed by atoms with Crippen LogP contribution in [0.2, 0.25) is 0 Å². The minimum atomic E-state index is -1.48. The van der Waals surface area contributed by atoms with E-state index in [4.69, 9.17) is 4.74 Å². The minimum Gasteiger partial charge on any atom is -0.453 e. The molecule has 0 bridgehead atoms. The number of benzene rings is 2. The van der Waals surface area contributed by atoms with Gasteiger partial charge in [0.15, 0.2) is 12.7 Å². The number of hydrazine groups is 1. The van der Waals surface area contributed by atoms with E-state index in [-0.39, 0.29) is 0 Å². The van der Waals surface area contributed by atoms with Crippen molar-refractivity contribution < 1.29 is 24.2 Å². The van der Waals surface area contributed by atoms with Gasteiger partial charge in [0.05, 0.1) is 5.56 Å². The summed E-state index contributed by atoms with van der Waals surface area (Å²) >= 11 is 3.22. The van der Waals surface area contributed by atoms with E-state index in [2.05, 4.69) is 26.8 Å². The SMILES string of the molecule is O=C(COC(=O)[C@@H](O)c1ccccc1)NNC(=O)c1ccccc1Br. The molecule has 130 valence electrons. The normalized spacial score (nSPS) is 11.3. The van der Waals surface area contributed by atoms with Crippen LogP contribution in [0.5, 0.6) is 0 Å². The van der Waals surface area contributed by atoms with E-state index >= 15 is 0 Å². The Hall–Kier alpha value is -2.71. The molecule has 0 saturated heterocycles. The van der Waals surface area contributed by atoms with Gasteiger partial charge in [-0.1, -0.05) is 42.5 Å². The number of hydrogen-bond acceptors (Lipinski definition) is 5. The highest BCUT2D eigenvalue weighted by atomic mass is 79.9. The zero-order valence-corrected chi connectivity index (χ0v) is 14.5. The molecular weight excluding hydrogens is 392 g/mol. The molecule has 3 N–H and O–H groups in total. The van der Waals surface area contributed by atoms with E-state index in [0.29, 0.717) is 15.6 Å². The molecule has 8 heteroatoms. The van der Waals surface area contributed by atoms with Gasteiger partial charge in [0, 0.05) is 4.47 Å². The maximum atomic E-state index is 11.9. The van der Waals surface area contributed by atoms with Crippen LogP contribution in [0.25, 0.3) is 0 Å². The van der Waals surface area contributed by atoms with Crippen LogP contribution in [-0.2, 0) is 14.3 Å².